The van der Waals surface area contributed by atoms with Crippen LogP contribution in [0, 0.1) is 6.92 Å². The molecule has 116 valence electrons. The van der Waals surface area contributed by atoms with E-state index >= 15 is 0 Å². The van der Waals surface area contributed by atoms with Gasteiger partial charge in [0.2, 0.25) is 5.75 Å². The molecule has 3 aromatic rings. The van der Waals surface area contributed by atoms with Crippen molar-refractivity contribution in [3.8, 4) is 17.2 Å². The molecule has 23 heavy (non-hydrogen) atoms. The zero-order chi connectivity index (χ0) is 16.6. The van der Waals surface area contributed by atoms with Crippen molar-refractivity contribution in [2.24, 2.45) is 5.10 Å². The lowest BCUT2D eigenvalue weighted by atomic mass is 10.2. The number of aryl methyl sites for hydroxylation is 1. The smallest absolute Gasteiger partial charge is 0.282 e. The molecule has 7 nitrogen and oxygen atoms in total. The van der Waals surface area contributed by atoms with Crippen LogP contribution < -0.4 is 5.56 Å². The summed E-state index contributed by atoms with van der Waals surface area (Å²) in [7, 11) is 0. The van der Waals surface area contributed by atoms with Gasteiger partial charge in [-0.15, -0.1) is 0 Å². The SMILES string of the molecule is Cc1nc2ccccc2c(=O)n1N=Cc1ccc(O)c(O)c1O. The minimum absolute atomic E-state index is 0.153. The summed E-state index contributed by atoms with van der Waals surface area (Å²) in [5.74, 6) is -1.23. The molecule has 0 fully saturated rings. The third kappa shape index (κ3) is 2.48. The number of hydrogen-bond donors (Lipinski definition) is 3. The molecule has 0 bridgehead atoms. The maximum Gasteiger partial charge on any atom is 0.282 e. The number of aromatic hydroxyl groups is 3. The first-order valence-corrected chi connectivity index (χ1v) is 6.75. The van der Waals surface area contributed by atoms with Crippen LogP contribution in [0.5, 0.6) is 17.2 Å². The second kappa shape index (κ2) is 5.45. The van der Waals surface area contributed by atoms with Gasteiger partial charge in [0.15, 0.2) is 11.5 Å². The van der Waals surface area contributed by atoms with E-state index in [1.54, 1.807) is 31.2 Å². The molecule has 0 aliphatic rings. The standard InChI is InChI=1S/C16H13N3O4/c1-9-18-12-5-3-2-4-11(12)16(23)19(9)17-8-10-6-7-13(20)15(22)14(10)21/h2-8,20-22H,1H3. The highest BCUT2D eigenvalue weighted by Crippen LogP contribution is 2.36. The van der Waals surface area contributed by atoms with E-state index in [1.165, 1.54) is 18.3 Å². The Balaban J connectivity index is 2.12. The van der Waals surface area contributed by atoms with E-state index in [0.717, 1.165) is 4.68 Å². The Labute approximate surface area is 130 Å². The van der Waals surface area contributed by atoms with Gasteiger partial charge in [0, 0.05) is 5.56 Å². The summed E-state index contributed by atoms with van der Waals surface area (Å²) in [5.41, 5.74) is 0.387. The van der Waals surface area contributed by atoms with E-state index < -0.39 is 17.2 Å². The molecule has 0 atom stereocenters. The number of phenols is 3. The number of para-hydroxylation sites is 1. The second-order valence-corrected chi connectivity index (χ2v) is 4.91. The van der Waals surface area contributed by atoms with Crippen molar-refractivity contribution >= 4 is 17.1 Å². The van der Waals surface area contributed by atoms with E-state index in [0.29, 0.717) is 16.7 Å². The fraction of sp³-hybridized carbons (Fsp3) is 0.0625. The van der Waals surface area contributed by atoms with Crippen molar-refractivity contribution in [2.45, 2.75) is 6.92 Å². The average molecular weight is 311 g/mol. The van der Waals surface area contributed by atoms with E-state index in [-0.39, 0.29) is 11.1 Å². The summed E-state index contributed by atoms with van der Waals surface area (Å²) in [6.45, 7) is 1.64. The second-order valence-electron chi connectivity index (χ2n) is 4.91. The molecule has 0 radical (unpaired) electrons. The summed E-state index contributed by atoms with van der Waals surface area (Å²) >= 11 is 0. The molecule has 0 saturated carbocycles. The highest BCUT2D eigenvalue weighted by Gasteiger charge is 2.10. The van der Waals surface area contributed by atoms with E-state index in [9.17, 15) is 20.1 Å². The Morgan fingerprint density at radius 1 is 1.09 bits per heavy atom. The molecular weight excluding hydrogens is 298 g/mol. The van der Waals surface area contributed by atoms with Crippen LogP contribution in [0.2, 0.25) is 0 Å². The molecule has 3 N–H and O–H groups in total. The van der Waals surface area contributed by atoms with Gasteiger partial charge in [-0.3, -0.25) is 4.79 Å². The largest absolute Gasteiger partial charge is 0.504 e. The number of fused-ring (bicyclic) bond motifs is 1. The van der Waals surface area contributed by atoms with E-state index in [2.05, 4.69) is 10.1 Å². The molecule has 3 rings (SSSR count). The molecule has 7 heteroatoms. The van der Waals surface area contributed by atoms with Gasteiger partial charge in [-0.1, -0.05) is 12.1 Å². The first kappa shape index (κ1) is 14.6. The number of rotatable bonds is 2. The van der Waals surface area contributed by atoms with Crippen LogP contribution in [-0.2, 0) is 0 Å². The highest BCUT2D eigenvalue weighted by molar-refractivity contribution is 5.85. The summed E-state index contributed by atoms with van der Waals surface area (Å²) < 4.78 is 1.10. The quantitative estimate of drug-likeness (QED) is 0.493. The maximum absolute atomic E-state index is 12.4. The van der Waals surface area contributed by atoms with Crippen LogP contribution >= 0.6 is 0 Å². The van der Waals surface area contributed by atoms with E-state index in [1.807, 2.05) is 0 Å². The van der Waals surface area contributed by atoms with Gasteiger partial charge in [-0.2, -0.15) is 9.78 Å². The summed E-state index contributed by atoms with van der Waals surface area (Å²) in [6.07, 6.45) is 1.21. The van der Waals surface area contributed by atoms with Crippen LogP contribution in [-0.4, -0.2) is 31.2 Å². The van der Waals surface area contributed by atoms with E-state index in [4.69, 9.17) is 0 Å². The van der Waals surface area contributed by atoms with Crippen molar-refractivity contribution in [3.05, 3.63) is 58.1 Å². The number of hydrogen-bond acceptors (Lipinski definition) is 6. The number of benzene rings is 2. The van der Waals surface area contributed by atoms with Crippen molar-refractivity contribution in [3.63, 3.8) is 0 Å². The van der Waals surface area contributed by atoms with Crippen LogP contribution in [0.3, 0.4) is 0 Å². The van der Waals surface area contributed by atoms with Crippen molar-refractivity contribution in [2.75, 3.05) is 0 Å². The van der Waals surface area contributed by atoms with Gasteiger partial charge in [-0.25, -0.2) is 4.98 Å². The third-order valence-corrected chi connectivity index (χ3v) is 3.39. The van der Waals surface area contributed by atoms with Gasteiger partial charge >= 0.3 is 0 Å². The molecule has 0 saturated heterocycles. The minimum atomic E-state index is -0.644. The van der Waals surface area contributed by atoms with Crippen LogP contribution in [0.15, 0.2) is 46.3 Å². The molecule has 2 aromatic carbocycles. The normalized spacial score (nSPS) is 11.3. The molecule has 0 amide bonds. The molecule has 0 aliphatic heterocycles. The van der Waals surface area contributed by atoms with Gasteiger partial charge in [0.1, 0.15) is 5.82 Å². The fourth-order valence-electron chi connectivity index (χ4n) is 2.18. The third-order valence-electron chi connectivity index (χ3n) is 3.39. The van der Waals surface area contributed by atoms with Crippen LogP contribution in [0.1, 0.15) is 11.4 Å². The lowest BCUT2D eigenvalue weighted by Crippen LogP contribution is -2.20. The fourth-order valence-corrected chi connectivity index (χ4v) is 2.18. The number of phenolic OH excluding ortho intramolecular Hbond substituents is 3. The zero-order valence-electron chi connectivity index (χ0n) is 12.1. The van der Waals surface area contributed by atoms with Crippen molar-refractivity contribution in [1.82, 2.24) is 9.66 Å². The lowest BCUT2D eigenvalue weighted by Gasteiger charge is -2.06. The lowest BCUT2D eigenvalue weighted by molar-refractivity contribution is 0.367. The topological polar surface area (TPSA) is 108 Å². The summed E-state index contributed by atoms with van der Waals surface area (Å²) in [6, 6.07) is 9.49. The first-order valence-electron chi connectivity index (χ1n) is 6.75. The van der Waals surface area contributed by atoms with Crippen LogP contribution in [0.4, 0.5) is 0 Å². The molecule has 0 aliphatic carbocycles. The molecule has 1 aromatic heterocycles. The van der Waals surface area contributed by atoms with Gasteiger partial charge in [0.05, 0.1) is 17.1 Å². The van der Waals surface area contributed by atoms with Gasteiger partial charge in [0.25, 0.3) is 5.56 Å². The molecule has 1 heterocycles. The zero-order valence-corrected chi connectivity index (χ0v) is 12.1. The highest BCUT2D eigenvalue weighted by atomic mass is 16.3. The molecular formula is C16H13N3O4. The van der Waals surface area contributed by atoms with Crippen molar-refractivity contribution in [1.29, 1.82) is 0 Å². The predicted molar refractivity (Wildman–Crippen MR) is 85.2 cm³/mol. The Kier molecular flexibility index (Phi) is 3.46. The Hall–Kier alpha value is -3.35. The number of nitrogens with zero attached hydrogens (tertiary/aromatic N) is 3. The molecule has 0 spiro atoms. The Morgan fingerprint density at radius 3 is 2.61 bits per heavy atom. The van der Waals surface area contributed by atoms with Crippen molar-refractivity contribution < 1.29 is 15.3 Å². The Bertz CT molecular complexity index is 993. The molecule has 0 unspecified atom stereocenters. The summed E-state index contributed by atoms with van der Waals surface area (Å²) in [4.78, 5) is 16.7. The van der Waals surface area contributed by atoms with Crippen LogP contribution in [0.25, 0.3) is 10.9 Å². The first-order chi connectivity index (χ1) is 11.0. The predicted octanol–water partition coefficient (Wildman–Crippen LogP) is 1.70. The van der Waals surface area contributed by atoms with Gasteiger partial charge < -0.3 is 15.3 Å². The maximum atomic E-state index is 12.4. The number of aromatic nitrogens is 2. The van der Waals surface area contributed by atoms with Gasteiger partial charge in [-0.05, 0) is 31.2 Å². The average Bonchev–Trinajstić information content (AvgIpc) is 2.54. The Morgan fingerprint density at radius 2 is 1.83 bits per heavy atom. The summed E-state index contributed by atoms with van der Waals surface area (Å²) in [5, 5.41) is 33.0. The monoisotopic (exact) mass is 311 g/mol. The minimum Gasteiger partial charge on any atom is -0.504 e.